The van der Waals surface area contributed by atoms with E-state index in [2.05, 4.69) is 21.3 Å². The van der Waals surface area contributed by atoms with Gasteiger partial charge in [-0.3, -0.25) is 33.6 Å². The van der Waals surface area contributed by atoms with Crippen LogP contribution >= 0.6 is 0 Å². The smallest absolute Gasteiger partial charge is 0.303 e. The minimum absolute atomic E-state index is 0.00526. The average molecular weight is 586 g/mol. The maximum Gasteiger partial charge on any atom is 0.303 e. The van der Waals surface area contributed by atoms with Crippen molar-refractivity contribution in [2.45, 2.75) is 110 Å². The number of carbonyl (C=O) groups is 7. The average Bonchev–Trinajstić information content (AvgIpc) is 2.91. The second-order valence-electron chi connectivity index (χ2n) is 10.2. The van der Waals surface area contributed by atoms with Crippen molar-refractivity contribution in [3.63, 3.8) is 0 Å². The van der Waals surface area contributed by atoms with E-state index in [9.17, 15) is 33.6 Å². The van der Waals surface area contributed by atoms with E-state index in [-0.39, 0.29) is 31.6 Å². The van der Waals surface area contributed by atoms with Crippen molar-refractivity contribution in [1.29, 1.82) is 0 Å². The van der Waals surface area contributed by atoms with E-state index in [4.69, 9.17) is 15.9 Å². The first-order chi connectivity index (χ1) is 19.2. The Morgan fingerprint density at radius 1 is 0.707 bits per heavy atom. The van der Waals surface area contributed by atoms with Gasteiger partial charge in [-0.15, -0.1) is 0 Å². The highest BCUT2D eigenvalue weighted by Crippen LogP contribution is 2.13. The third-order valence-corrected chi connectivity index (χ3v) is 6.77. The van der Waals surface area contributed by atoms with E-state index < -0.39 is 71.9 Å². The normalized spacial score (nSPS) is 14.4. The lowest BCUT2D eigenvalue weighted by molar-refractivity contribution is -0.139. The monoisotopic (exact) mass is 585 g/mol. The molecule has 14 heteroatoms. The minimum Gasteiger partial charge on any atom is -0.481 e. The number of hydrogen-bond donors (Lipinski definition) is 7. The van der Waals surface area contributed by atoms with Crippen molar-refractivity contribution in [3.8, 4) is 0 Å². The Balaban J connectivity index is 5.41. The molecule has 0 fully saturated rings. The van der Waals surface area contributed by atoms with Crippen LogP contribution in [-0.2, 0) is 33.6 Å². The molecule has 0 aromatic rings. The second kappa shape index (κ2) is 20.2. The Hall–Kier alpha value is -3.71. The first kappa shape index (κ1) is 37.3. The molecule has 0 heterocycles. The van der Waals surface area contributed by atoms with Gasteiger partial charge >= 0.3 is 11.9 Å². The lowest BCUT2D eigenvalue weighted by Gasteiger charge is -2.28. The molecule has 0 rings (SSSR count). The molecule has 14 nitrogen and oxygen atoms in total. The van der Waals surface area contributed by atoms with Crippen molar-refractivity contribution in [1.82, 2.24) is 21.3 Å². The van der Waals surface area contributed by atoms with Crippen LogP contribution in [-0.4, -0.2) is 76.4 Å². The molecule has 234 valence electrons. The van der Waals surface area contributed by atoms with Crippen LogP contribution in [0.5, 0.6) is 0 Å². The second-order valence-corrected chi connectivity index (χ2v) is 10.2. The molecule has 8 N–H and O–H groups in total. The van der Waals surface area contributed by atoms with Crippen molar-refractivity contribution < 1.29 is 43.8 Å². The molecular weight excluding hydrogens is 538 g/mol. The Morgan fingerprint density at radius 2 is 1.32 bits per heavy atom. The number of primary amides is 1. The molecule has 0 saturated heterocycles. The Morgan fingerprint density at radius 3 is 1.85 bits per heavy atom. The molecule has 5 amide bonds. The predicted molar refractivity (Wildman–Crippen MR) is 149 cm³/mol. The summed E-state index contributed by atoms with van der Waals surface area (Å²) in [5.41, 5.74) is 5.37. The van der Waals surface area contributed by atoms with E-state index in [1.165, 1.54) is 0 Å². The quantitative estimate of drug-likeness (QED) is 0.0871. The molecule has 0 aromatic carbocycles. The number of carboxylic acid groups (broad SMARTS) is 2. The maximum atomic E-state index is 13.2. The zero-order valence-electron chi connectivity index (χ0n) is 24.5. The number of carboxylic acids is 2. The Kier molecular flexibility index (Phi) is 18.4. The first-order valence-electron chi connectivity index (χ1n) is 14.1. The highest BCUT2D eigenvalue weighted by atomic mass is 16.4. The van der Waals surface area contributed by atoms with E-state index in [0.717, 1.165) is 0 Å². The molecule has 0 aromatic heterocycles. The number of nitrogens with two attached hydrogens (primary N) is 1. The van der Waals surface area contributed by atoms with E-state index >= 15 is 0 Å². The zero-order valence-corrected chi connectivity index (χ0v) is 24.5. The number of amides is 5. The molecule has 0 aliphatic rings. The van der Waals surface area contributed by atoms with Gasteiger partial charge in [0.1, 0.15) is 18.1 Å². The number of hydrogen-bond acceptors (Lipinski definition) is 7. The number of rotatable bonds is 22. The summed E-state index contributed by atoms with van der Waals surface area (Å²) in [4.78, 5) is 84.3. The largest absolute Gasteiger partial charge is 0.481 e. The highest BCUT2D eigenvalue weighted by molar-refractivity contribution is 5.94. The van der Waals surface area contributed by atoms with Crippen LogP contribution in [0.15, 0.2) is 0 Å². The van der Waals surface area contributed by atoms with E-state index in [0.29, 0.717) is 38.6 Å². The zero-order chi connectivity index (χ0) is 31.5. The predicted octanol–water partition coefficient (Wildman–Crippen LogP) is 0.425. The number of carbonyl (C=O) groups excluding carboxylic acids is 5. The molecule has 5 atom stereocenters. The topological polar surface area (TPSA) is 234 Å². The summed E-state index contributed by atoms with van der Waals surface area (Å²) in [6.07, 6.45) is 1.90. The molecule has 0 bridgehead atoms. The lowest BCUT2D eigenvalue weighted by atomic mass is 9.96. The van der Waals surface area contributed by atoms with Crippen LogP contribution in [0.1, 0.15) is 91.9 Å². The van der Waals surface area contributed by atoms with Crippen molar-refractivity contribution in [3.05, 3.63) is 0 Å². The summed E-state index contributed by atoms with van der Waals surface area (Å²) in [6.45, 7) is 7.40. The third-order valence-electron chi connectivity index (χ3n) is 6.77. The van der Waals surface area contributed by atoms with Gasteiger partial charge in [-0.25, -0.2) is 0 Å². The molecule has 0 aliphatic heterocycles. The van der Waals surface area contributed by atoms with Crippen molar-refractivity contribution in [2.75, 3.05) is 6.54 Å². The molecular formula is C27H47N5O9. The molecule has 0 radical (unpaired) electrons. The first-order valence-corrected chi connectivity index (χ1v) is 14.1. The molecule has 1 unspecified atom stereocenters. The van der Waals surface area contributed by atoms with Gasteiger partial charge in [0.15, 0.2) is 0 Å². The van der Waals surface area contributed by atoms with Gasteiger partial charge in [-0.2, -0.15) is 0 Å². The van der Waals surface area contributed by atoms with Gasteiger partial charge in [0.2, 0.25) is 29.5 Å². The summed E-state index contributed by atoms with van der Waals surface area (Å²) in [6, 6.07) is -3.51. The fourth-order valence-electron chi connectivity index (χ4n) is 3.87. The highest BCUT2D eigenvalue weighted by Gasteiger charge is 2.32. The van der Waals surface area contributed by atoms with Gasteiger partial charge in [-0.1, -0.05) is 40.5 Å². The summed E-state index contributed by atoms with van der Waals surface area (Å²) in [5.74, 6) is -5.96. The molecule has 41 heavy (non-hydrogen) atoms. The fraction of sp³-hybridized carbons (Fsp3) is 0.741. The third kappa shape index (κ3) is 16.2. The summed E-state index contributed by atoms with van der Waals surface area (Å²) < 4.78 is 0. The van der Waals surface area contributed by atoms with Crippen LogP contribution in [0.2, 0.25) is 0 Å². The SMILES string of the molecule is CCC(=O)NCCCC[C@H](C)C(=O)N[C@@H](CCC(=O)O)C(=O)N[C@H](C(=O)N[C@@H](CCCC(=O)O)C(N)=O)C(C)CC. The maximum absolute atomic E-state index is 13.2. The van der Waals surface area contributed by atoms with Crippen molar-refractivity contribution >= 4 is 41.5 Å². The van der Waals surface area contributed by atoms with E-state index in [1.54, 1.807) is 27.7 Å². The van der Waals surface area contributed by atoms with Crippen LogP contribution in [0.4, 0.5) is 0 Å². The van der Waals surface area contributed by atoms with Crippen LogP contribution in [0, 0.1) is 11.8 Å². The minimum atomic E-state index is -1.23. The lowest BCUT2D eigenvalue weighted by Crippen LogP contribution is -2.58. The molecule has 0 aliphatic carbocycles. The Labute approximate surface area is 240 Å². The molecule has 0 spiro atoms. The van der Waals surface area contributed by atoms with Gasteiger partial charge in [0.05, 0.1) is 0 Å². The number of unbranched alkanes of at least 4 members (excludes halogenated alkanes) is 1. The Bertz CT molecular complexity index is 912. The van der Waals surface area contributed by atoms with Crippen LogP contribution in [0.25, 0.3) is 0 Å². The summed E-state index contributed by atoms with van der Waals surface area (Å²) in [5, 5.41) is 28.4. The van der Waals surface area contributed by atoms with Crippen LogP contribution < -0.4 is 27.0 Å². The van der Waals surface area contributed by atoms with Crippen LogP contribution in [0.3, 0.4) is 0 Å². The fourth-order valence-corrected chi connectivity index (χ4v) is 3.87. The standard InChI is InChI=1S/C27H47N5O9/c1-5-16(3)23(27(41)30-18(24(28)38)11-9-12-21(34)35)32-26(40)19(13-14-22(36)37)31-25(39)17(4)10-7-8-15-29-20(33)6-2/h16-19,23H,5-15H2,1-4H3,(H2,28,38)(H,29,33)(H,30,41)(H,31,39)(H,32,40)(H,34,35)(H,36,37)/t16?,17-,18-,19-,23-/m0/s1. The summed E-state index contributed by atoms with van der Waals surface area (Å²) in [7, 11) is 0. The van der Waals surface area contributed by atoms with Crippen molar-refractivity contribution in [2.24, 2.45) is 17.6 Å². The number of nitrogens with one attached hydrogen (secondary N) is 4. The van der Waals surface area contributed by atoms with Gasteiger partial charge < -0.3 is 37.2 Å². The summed E-state index contributed by atoms with van der Waals surface area (Å²) >= 11 is 0. The number of aliphatic carboxylic acids is 2. The van der Waals surface area contributed by atoms with Gasteiger partial charge in [0, 0.05) is 31.7 Å². The molecule has 0 saturated carbocycles. The van der Waals surface area contributed by atoms with Gasteiger partial charge in [-0.05, 0) is 38.0 Å². The van der Waals surface area contributed by atoms with Gasteiger partial charge in [0.25, 0.3) is 0 Å². The van der Waals surface area contributed by atoms with E-state index in [1.807, 2.05) is 0 Å².